The number of aliphatic imine (C=N–C) groups is 1. The highest BCUT2D eigenvalue weighted by atomic mass is 32.2. The lowest BCUT2D eigenvalue weighted by molar-refractivity contribution is 0.565. The van der Waals surface area contributed by atoms with Crippen LogP contribution in [0.3, 0.4) is 0 Å². The zero-order valence-corrected chi connectivity index (χ0v) is 16.4. The highest BCUT2D eigenvalue weighted by molar-refractivity contribution is 7.90. The number of benzene rings is 2. The molecule has 1 aliphatic heterocycles. The third kappa shape index (κ3) is 2.93. The number of aromatic nitrogens is 1. The van der Waals surface area contributed by atoms with Crippen LogP contribution in [0, 0.1) is 5.82 Å². The Kier molecular flexibility index (Phi) is 4.06. The van der Waals surface area contributed by atoms with Gasteiger partial charge in [-0.1, -0.05) is 12.1 Å². The van der Waals surface area contributed by atoms with E-state index in [9.17, 15) is 12.8 Å². The molecule has 1 N–H and O–H groups in total. The van der Waals surface area contributed by atoms with Gasteiger partial charge in [0.1, 0.15) is 16.7 Å². The zero-order valence-electron chi connectivity index (χ0n) is 14.7. The lowest BCUT2D eigenvalue weighted by atomic mass is 9.98. The van der Waals surface area contributed by atoms with Crippen molar-refractivity contribution in [3.63, 3.8) is 0 Å². The summed E-state index contributed by atoms with van der Waals surface area (Å²) in [6.07, 6.45) is 2.71. The molecule has 5 rings (SSSR count). The van der Waals surface area contributed by atoms with Gasteiger partial charge in [-0.15, -0.1) is 11.3 Å². The van der Waals surface area contributed by atoms with Gasteiger partial charge < -0.3 is 0 Å². The van der Waals surface area contributed by atoms with Crippen molar-refractivity contribution in [1.82, 2.24) is 9.71 Å². The Morgan fingerprint density at radius 1 is 1.14 bits per heavy atom. The zero-order chi connectivity index (χ0) is 19.3. The molecule has 1 aromatic heterocycles. The molecule has 2 heterocycles. The second-order valence-electron chi connectivity index (χ2n) is 6.82. The van der Waals surface area contributed by atoms with Crippen LogP contribution in [0.5, 0.6) is 0 Å². The minimum Gasteiger partial charge on any atom is -0.263 e. The first-order chi connectivity index (χ1) is 13.5. The Labute approximate surface area is 166 Å². The van der Waals surface area contributed by atoms with Crippen molar-refractivity contribution in [3.8, 4) is 10.6 Å². The third-order valence-electron chi connectivity index (χ3n) is 4.96. The number of thiazole rings is 1. The van der Waals surface area contributed by atoms with Crippen molar-refractivity contribution in [2.24, 2.45) is 4.99 Å². The number of rotatable bonds is 2. The maximum atomic E-state index is 13.2. The molecule has 1 unspecified atom stereocenters. The fourth-order valence-corrected chi connectivity index (χ4v) is 6.03. The molecule has 1 aliphatic carbocycles. The van der Waals surface area contributed by atoms with E-state index in [0.29, 0.717) is 11.4 Å². The highest BCUT2D eigenvalue weighted by Gasteiger charge is 2.32. The molecular formula is C20H16FN3O2S2. The third-order valence-corrected chi connectivity index (χ3v) is 7.54. The first-order valence-electron chi connectivity index (χ1n) is 8.97. The Hall–Kier alpha value is -2.58. The predicted molar refractivity (Wildman–Crippen MR) is 106 cm³/mol. The molecule has 142 valence electrons. The summed E-state index contributed by atoms with van der Waals surface area (Å²) in [7, 11) is -3.56. The number of amidine groups is 1. The molecule has 0 saturated heterocycles. The van der Waals surface area contributed by atoms with Gasteiger partial charge in [0.05, 0.1) is 16.6 Å². The fourth-order valence-electron chi connectivity index (χ4n) is 3.62. The van der Waals surface area contributed by atoms with Crippen molar-refractivity contribution in [2.45, 2.75) is 30.2 Å². The molecule has 0 fully saturated rings. The lowest BCUT2D eigenvalue weighted by Crippen LogP contribution is -2.23. The fraction of sp³-hybridized carbons (Fsp3) is 0.200. The summed E-state index contributed by atoms with van der Waals surface area (Å²) in [6.45, 7) is 0. The number of hydrogen-bond acceptors (Lipinski definition) is 5. The monoisotopic (exact) mass is 413 g/mol. The van der Waals surface area contributed by atoms with Gasteiger partial charge in [-0.05, 0) is 55.7 Å². The van der Waals surface area contributed by atoms with Gasteiger partial charge in [-0.25, -0.2) is 17.8 Å². The van der Waals surface area contributed by atoms with E-state index in [1.54, 1.807) is 47.7 Å². The van der Waals surface area contributed by atoms with Gasteiger partial charge in [0.15, 0.2) is 0 Å². The molecule has 28 heavy (non-hydrogen) atoms. The van der Waals surface area contributed by atoms with Crippen LogP contribution >= 0.6 is 11.3 Å². The summed E-state index contributed by atoms with van der Waals surface area (Å²) in [4.78, 5) is 10.9. The van der Waals surface area contributed by atoms with E-state index in [-0.39, 0.29) is 16.8 Å². The van der Waals surface area contributed by atoms with Gasteiger partial charge in [0, 0.05) is 16.0 Å². The van der Waals surface area contributed by atoms with Gasteiger partial charge >= 0.3 is 0 Å². The summed E-state index contributed by atoms with van der Waals surface area (Å²) in [5, 5.41) is 0.838. The Balaban J connectivity index is 1.54. The lowest BCUT2D eigenvalue weighted by Gasteiger charge is -2.18. The molecule has 0 amide bonds. The first-order valence-corrected chi connectivity index (χ1v) is 11.3. The van der Waals surface area contributed by atoms with E-state index in [1.807, 2.05) is 0 Å². The van der Waals surface area contributed by atoms with E-state index in [2.05, 4.69) is 4.72 Å². The van der Waals surface area contributed by atoms with Gasteiger partial charge in [0.2, 0.25) is 0 Å². The Morgan fingerprint density at radius 3 is 2.75 bits per heavy atom. The Morgan fingerprint density at radius 2 is 1.93 bits per heavy atom. The quantitative estimate of drug-likeness (QED) is 0.689. The van der Waals surface area contributed by atoms with E-state index in [4.69, 9.17) is 9.98 Å². The number of hydrogen-bond donors (Lipinski definition) is 1. The van der Waals surface area contributed by atoms with Gasteiger partial charge in [-0.2, -0.15) is 0 Å². The van der Waals surface area contributed by atoms with Crippen molar-refractivity contribution in [2.75, 3.05) is 0 Å². The topological polar surface area (TPSA) is 71.4 Å². The summed E-state index contributed by atoms with van der Waals surface area (Å²) < 4.78 is 40.4. The van der Waals surface area contributed by atoms with Crippen LogP contribution in [-0.2, 0) is 16.4 Å². The molecular weight excluding hydrogens is 397 g/mol. The normalized spacial score (nSPS) is 21.2. The molecule has 0 radical (unpaired) electrons. The summed E-state index contributed by atoms with van der Waals surface area (Å²) >= 11 is 1.60. The van der Waals surface area contributed by atoms with Gasteiger partial charge in [-0.3, -0.25) is 9.71 Å². The first kappa shape index (κ1) is 17.5. The second kappa shape index (κ2) is 6.49. The molecule has 1 atom stereocenters. The second-order valence-corrected chi connectivity index (χ2v) is 9.56. The Bertz CT molecular complexity index is 1200. The average molecular weight is 413 g/mol. The number of aryl methyl sites for hydroxylation is 1. The van der Waals surface area contributed by atoms with E-state index in [1.165, 1.54) is 12.1 Å². The van der Waals surface area contributed by atoms with Crippen LogP contribution in [0.4, 0.5) is 4.39 Å². The number of nitrogens with zero attached hydrogens (tertiary/aromatic N) is 2. The average Bonchev–Trinajstić information content (AvgIpc) is 3.23. The molecule has 0 spiro atoms. The van der Waals surface area contributed by atoms with E-state index in [0.717, 1.165) is 40.4 Å². The molecule has 3 aromatic rings. The molecule has 2 aliphatic rings. The van der Waals surface area contributed by atoms with Crippen LogP contribution in [0.1, 0.15) is 35.0 Å². The maximum absolute atomic E-state index is 13.2. The van der Waals surface area contributed by atoms with Gasteiger partial charge in [0.25, 0.3) is 10.0 Å². The van der Waals surface area contributed by atoms with Crippen molar-refractivity contribution < 1.29 is 12.8 Å². The summed E-state index contributed by atoms with van der Waals surface area (Å²) in [5.74, 6) is 0.103. The molecule has 5 nitrogen and oxygen atoms in total. The highest BCUT2D eigenvalue weighted by Crippen LogP contribution is 2.39. The minimum absolute atomic E-state index is 0.196. The van der Waals surface area contributed by atoms with Crippen molar-refractivity contribution in [3.05, 3.63) is 70.5 Å². The van der Waals surface area contributed by atoms with Crippen LogP contribution < -0.4 is 4.72 Å². The molecule has 0 bridgehead atoms. The summed E-state index contributed by atoms with van der Waals surface area (Å²) in [6, 6.07) is 13.0. The van der Waals surface area contributed by atoms with E-state index < -0.39 is 10.0 Å². The molecule has 8 heteroatoms. The largest absolute Gasteiger partial charge is 0.263 e. The molecule has 0 saturated carbocycles. The summed E-state index contributed by atoms with van der Waals surface area (Å²) in [5.41, 5.74) is 2.37. The van der Waals surface area contributed by atoms with Crippen molar-refractivity contribution >= 4 is 27.2 Å². The number of fused-ring (bicyclic) bond motifs is 2. The van der Waals surface area contributed by atoms with Crippen LogP contribution in [-0.4, -0.2) is 19.2 Å². The van der Waals surface area contributed by atoms with Crippen molar-refractivity contribution in [1.29, 1.82) is 0 Å². The maximum Gasteiger partial charge on any atom is 0.263 e. The standard InChI is InChI=1S/C20H16FN3O2S2/c21-13-10-8-12(9-11-13)20-23-18-15(5-3-6-16(18)27-20)22-19-14-4-1-2-7-17(14)28(25,26)24-19/h1-2,4,7-11,15H,3,5-6H2,(H,22,24). The number of nitrogens with one attached hydrogen (secondary N) is 1. The van der Waals surface area contributed by atoms with Crippen LogP contribution in [0.25, 0.3) is 10.6 Å². The molecule has 2 aromatic carbocycles. The van der Waals surface area contributed by atoms with Crippen LogP contribution in [0.2, 0.25) is 0 Å². The SMILES string of the molecule is O=S1(=O)NC(=NC2CCCc3sc(-c4ccc(F)cc4)nc32)c2ccccc21. The number of halogens is 1. The van der Waals surface area contributed by atoms with E-state index >= 15 is 0 Å². The number of sulfonamides is 1. The smallest absolute Gasteiger partial charge is 0.263 e. The van der Waals surface area contributed by atoms with Crippen LogP contribution in [0.15, 0.2) is 58.4 Å². The minimum atomic E-state index is -3.56. The predicted octanol–water partition coefficient (Wildman–Crippen LogP) is 4.07.